The number of hydrogen-bond donors (Lipinski definition) is 2. The van der Waals surface area contributed by atoms with Crippen LogP contribution in [0.25, 0.3) is 0 Å². The van der Waals surface area contributed by atoms with E-state index in [9.17, 15) is 19.7 Å². The molecule has 0 fully saturated rings. The Kier molecular flexibility index (Phi) is 5.23. The summed E-state index contributed by atoms with van der Waals surface area (Å²) in [6.45, 7) is 2.78. The second-order valence-corrected chi connectivity index (χ2v) is 4.68. The number of nitro benzene ring substituents is 1. The second kappa shape index (κ2) is 6.69. The van der Waals surface area contributed by atoms with E-state index < -0.39 is 28.8 Å². The standard InChI is InChI=1S/C13H16N2O6/c1-8(12(16)17)7-14(9(2)13(18)19)10-4-3-5-11(6-10)15(20)21/h3-6,8-9H,7H2,1-2H3,(H,16,17)(H,18,19). The summed E-state index contributed by atoms with van der Waals surface area (Å²) in [5.41, 5.74) is 0.116. The van der Waals surface area contributed by atoms with Gasteiger partial charge in [-0.3, -0.25) is 14.9 Å². The Labute approximate surface area is 120 Å². The van der Waals surface area contributed by atoms with E-state index in [0.717, 1.165) is 0 Å². The lowest BCUT2D eigenvalue weighted by molar-refractivity contribution is -0.384. The molecule has 0 heterocycles. The lowest BCUT2D eigenvalue weighted by Gasteiger charge is -2.30. The van der Waals surface area contributed by atoms with Crippen LogP contribution in [0.2, 0.25) is 0 Å². The van der Waals surface area contributed by atoms with Crippen LogP contribution in [0.1, 0.15) is 13.8 Å². The molecular formula is C13H16N2O6. The second-order valence-electron chi connectivity index (χ2n) is 4.68. The quantitative estimate of drug-likeness (QED) is 0.578. The summed E-state index contributed by atoms with van der Waals surface area (Å²) in [7, 11) is 0. The summed E-state index contributed by atoms with van der Waals surface area (Å²) in [5.74, 6) is -3.02. The van der Waals surface area contributed by atoms with Crippen molar-refractivity contribution in [2.45, 2.75) is 19.9 Å². The van der Waals surface area contributed by atoms with Crippen LogP contribution in [-0.4, -0.2) is 39.7 Å². The van der Waals surface area contributed by atoms with Gasteiger partial charge in [0.15, 0.2) is 0 Å². The number of carboxylic acids is 2. The number of anilines is 1. The first-order valence-electron chi connectivity index (χ1n) is 6.20. The number of aliphatic carboxylic acids is 2. The first kappa shape index (κ1) is 16.4. The molecule has 0 radical (unpaired) electrons. The highest BCUT2D eigenvalue weighted by Gasteiger charge is 2.26. The molecule has 1 aromatic rings. The van der Waals surface area contributed by atoms with Gasteiger partial charge in [0.25, 0.3) is 5.69 Å². The minimum Gasteiger partial charge on any atom is -0.481 e. The molecule has 21 heavy (non-hydrogen) atoms. The van der Waals surface area contributed by atoms with Crippen molar-refractivity contribution in [1.82, 2.24) is 0 Å². The monoisotopic (exact) mass is 296 g/mol. The van der Waals surface area contributed by atoms with Crippen molar-refractivity contribution in [3.8, 4) is 0 Å². The third-order valence-electron chi connectivity index (χ3n) is 3.09. The number of nitrogens with zero attached hydrogens (tertiary/aromatic N) is 2. The minimum atomic E-state index is -1.14. The van der Waals surface area contributed by atoms with Crippen LogP contribution >= 0.6 is 0 Å². The molecule has 0 aliphatic carbocycles. The Morgan fingerprint density at radius 3 is 2.38 bits per heavy atom. The molecule has 0 saturated heterocycles. The van der Waals surface area contributed by atoms with Crippen LogP contribution in [0.3, 0.4) is 0 Å². The van der Waals surface area contributed by atoms with Crippen molar-refractivity contribution in [3.63, 3.8) is 0 Å². The van der Waals surface area contributed by atoms with Gasteiger partial charge in [-0.25, -0.2) is 4.79 Å². The molecule has 0 aromatic heterocycles. The van der Waals surface area contributed by atoms with E-state index in [2.05, 4.69) is 0 Å². The third kappa shape index (κ3) is 4.16. The van der Waals surface area contributed by atoms with Crippen LogP contribution in [-0.2, 0) is 9.59 Å². The van der Waals surface area contributed by atoms with Crippen LogP contribution in [0, 0.1) is 16.0 Å². The Bertz CT molecular complexity index is 559. The fourth-order valence-corrected chi connectivity index (χ4v) is 1.78. The van der Waals surface area contributed by atoms with Gasteiger partial charge in [-0.15, -0.1) is 0 Å². The number of nitro groups is 1. The van der Waals surface area contributed by atoms with E-state index in [1.54, 1.807) is 0 Å². The van der Waals surface area contributed by atoms with Crippen molar-refractivity contribution in [1.29, 1.82) is 0 Å². The average Bonchev–Trinajstić information content (AvgIpc) is 2.43. The molecule has 114 valence electrons. The van der Waals surface area contributed by atoms with Gasteiger partial charge in [0.2, 0.25) is 0 Å². The largest absolute Gasteiger partial charge is 0.481 e. The average molecular weight is 296 g/mol. The fraction of sp³-hybridized carbons (Fsp3) is 0.385. The summed E-state index contributed by atoms with van der Waals surface area (Å²) >= 11 is 0. The third-order valence-corrected chi connectivity index (χ3v) is 3.09. The Balaban J connectivity index is 3.17. The van der Waals surface area contributed by atoms with Crippen LogP contribution in [0.5, 0.6) is 0 Å². The molecule has 1 rings (SSSR count). The SMILES string of the molecule is CC(CN(c1cccc([N+](=O)[O-])c1)C(C)C(=O)O)C(=O)O. The summed E-state index contributed by atoms with van der Waals surface area (Å²) in [6, 6.07) is 4.46. The minimum absolute atomic E-state index is 0.0655. The highest BCUT2D eigenvalue weighted by Crippen LogP contribution is 2.24. The number of hydrogen-bond acceptors (Lipinski definition) is 5. The Morgan fingerprint density at radius 1 is 1.29 bits per heavy atom. The van der Waals surface area contributed by atoms with E-state index in [-0.39, 0.29) is 12.2 Å². The fourth-order valence-electron chi connectivity index (χ4n) is 1.78. The number of carboxylic acid groups (broad SMARTS) is 2. The van der Waals surface area contributed by atoms with E-state index in [0.29, 0.717) is 5.69 Å². The molecule has 2 N–H and O–H groups in total. The van der Waals surface area contributed by atoms with Crippen LogP contribution < -0.4 is 4.90 Å². The summed E-state index contributed by atoms with van der Waals surface area (Å²) in [5, 5.41) is 28.9. The maximum atomic E-state index is 11.2. The number of non-ortho nitro benzene ring substituents is 1. The van der Waals surface area contributed by atoms with Crippen molar-refractivity contribution in [2.24, 2.45) is 5.92 Å². The molecular weight excluding hydrogens is 280 g/mol. The van der Waals surface area contributed by atoms with Gasteiger partial charge in [0, 0.05) is 24.4 Å². The van der Waals surface area contributed by atoms with Crippen LogP contribution in [0.15, 0.2) is 24.3 Å². The number of rotatable bonds is 7. The zero-order chi connectivity index (χ0) is 16.2. The van der Waals surface area contributed by atoms with Gasteiger partial charge < -0.3 is 15.1 Å². The molecule has 0 saturated carbocycles. The maximum absolute atomic E-state index is 11.2. The summed E-state index contributed by atoms with van der Waals surface area (Å²) < 4.78 is 0. The van der Waals surface area contributed by atoms with Gasteiger partial charge in [-0.1, -0.05) is 13.0 Å². The molecule has 0 spiro atoms. The van der Waals surface area contributed by atoms with E-state index in [1.165, 1.54) is 43.0 Å². The van der Waals surface area contributed by atoms with Crippen molar-refractivity contribution < 1.29 is 24.7 Å². The molecule has 0 aliphatic rings. The zero-order valence-electron chi connectivity index (χ0n) is 11.6. The molecule has 1 aromatic carbocycles. The molecule has 2 unspecified atom stereocenters. The summed E-state index contributed by atoms with van der Waals surface area (Å²) in [4.78, 5) is 33.6. The predicted molar refractivity (Wildman–Crippen MR) is 74.3 cm³/mol. The molecule has 0 amide bonds. The van der Waals surface area contributed by atoms with Gasteiger partial charge in [-0.2, -0.15) is 0 Å². The van der Waals surface area contributed by atoms with Gasteiger partial charge in [0.1, 0.15) is 6.04 Å². The lowest BCUT2D eigenvalue weighted by atomic mass is 10.1. The first-order valence-corrected chi connectivity index (χ1v) is 6.20. The van der Waals surface area contributed by atoms with Crippen molar-refractivity contribution >= 4 is 23.3 Å². The lowest BCUT2D eigenvalue weighted by Crippen LogP contribution is -2.43. The van der Waals surface area contributed by atoms with Gasteiger partial charge in [0.05, 0.1) is 10.8 Å². The molecule has 0 bridgehead atoms. The highest BCUT2D eigenvalue weighted by atomic mass is 16.6. The predicted octanol–water partition coefficient (Wildman–Crippen LogP) is 1.59. The topological polar surface area (TPSA) is 121 Å². The van der Waals surface area contributed by atoms with E-state index in [1.807, 2.05) is 0 Å². The van der Waals surface area contributed by atoms with Crippen molar-refractivity contribution in [3.05, 3.63) is 34.4 Å². The van der Waals surface area contributed by atoms with E-state index in [4.69, 9.17) is 10.2 Å². The normalized spacial score (nSPS) is 13.2. The zero-order valence-corrected chi connectivity index (χ0v) is 11.6. The highest BCUT2D eigenvalue weighted by molar-refractivity contribution is 5.79. The van der Waals surface area contributed by atoms with Crippen LogP contribution in [0.4, 0.5) is 11.4 Å². The number of carbonyl (C=O) groups is 2. The van der Waals surface area contributed by atoms with E-state index >= 15 is 0 Å². The van der Waals surface area contributed by atoms with Gasteiger partial charge >= 0.3 is 11.9 Å². The summed E-state index contributed by atoms with van der Waals surface area (Å²) in [6.07, 6.45) is 0. The smallest absolute Gasteiger partial charge is 0.326 e. The first-order chi connectivity index (χ1) is 9.73. The molecule has 8 nitrogen and oxygen atoms in total. The van der Waals surface area contributed by atoms with Crippen molar-refractivity contribution in [2.75, 3.05) is 11.4 Å². The number of benzene rings is 1. The molecule has 0 aliphatic heterocycles. The molecule has 8 heteroatoms. The molecule has 2 atom stereocenters. The maximum Gasteiger partial charge on any atom is 0.326 e. The Hall–Kier alpha value is -2.64. The van der Waals surface area contributed by atoms with Gasteiger partial charge in [-0.05, 0) is 13.0 Å². The Morgan fingerprint density at radius 2 is 1.90 bits per heavy atom.